The summed E-state index contributed by atoms with van der Waals surface area (Å²) in [7, 11) is 2.97. The maximum absolute atomic E-state index is 12.4. The minimum Gasteiger partial charge on any atom is -0.497 e. The lowest BCUT2D eigenvalue weighted by molar-refractivity contribution is -0.118. The lowest BCUT2D eigenvalue weighted by Gasteiger charge is -2.23. The van der Waals surface area contributed by atoms with Crippen molar-refractivity contribution in [3.05, 3.63) is 51.5 Å². The number of anilines is 1. The summed E-state index contributed by atoms with van der Waals surface area (Å²) >= 11 is 12.8. The number of allylic oxidation sites excluding steroid dienone is 1. The van der Waals surface area contributed by atoms with Crippen LogP contribution in [0.25, 0.3) is 6.08 Å². The second-order valence-corrected chi connectivity index (χ2v) is 6.30. The molecule has 2 aromatic carbocycles. The molecule has 0 radical (unpaired) electrons. The van der Waals surface area contributed by atoms with Crippen LogP contribution in [0.4, 0.5) is 5.69 Å². The summed E-state index contributed by atoms with van der Waals surface area (Å²) in [5.41, 5.74) is 1.06. The lowest BCUT2D eigenvalue weighted by Crippen LogP contribution is -2.26. The Bertz CT molecular complexity index is 938. The Labute approximate surface area is 165 Å². The molecule has 3 rings (SSSR count). The second kappa shape index (κ2) is 7.90. The van der Waals surface area contributed by atoms with Crippen molar-refractivity contribution >= 4 is 46.7 Å². The van der Waals surface area contributed by atoms with Gasteiger partial charge in [-0.3, -0.25) is 9.59 Å². The average molecular weight is 408 g/mol. The Hall–Kier alpha value is -2.70. The zero-order chi connectivity index (χ0) is 19.6. The number of benzene rings is 2. The first-order valence-corrected chi connectivity index (χ1v) is 8.60. The second-order valence-electron chi connectivity index (χ2n) is 5.54. The molecule has 1 aliphatic rings. The number of ether oxygens (including phenoxy) is 3. The van der Waals surface area contributed by atoms with Gasteiger partial charge in [0.1, 0.15) is 11.4 Å². The molecule has 0 saturated heterocycles. The van der Waals surface area contributed by atoms with Crippen LogP contribution in [0.3, 0.4) is 0 Å². The van der Waals surface area contributed by atoms with Crippen LogP contribution >= 0.6 is 23.2 Å². The van der Waals surface area contributed by atoms with Crippen molar-refractivity contribution in [2.75, 3.05) is 26.1 Å². The summed E-state index contributed by atoms with van der Waals surface area (Å²) in [5, 5.41) is 2.97. The summed E-state index contributed by atoms with van der Waals surface area (Å²) in [6.45, 7) is -0.166. The summed E-state index contributed by atoms with van der Waals surface area (Å²) in [5.74, 6) is 0.537. The van der Waals surface area contributed by atoms with Gasteiger partial charge < -0.3 is 19.5 Å². The highest BCUT2D eigenvalue weighted by atomic mass is 35.5. The molecule has 1 N–H and O–H groups in total. The minimum atomic E-state index is -0.349. The molecule has 0 unspecified atom stereocenters. The van der Waals surface area contributed by atoms with Gasteiger partial charge >= 0.3 is 0 Å². The van der Waals surface area contributed by atoms with Crippen molar-refractivity contribution in [2.24, 2.45) is 0 Å². The summed E-state index contributed by atoms with van der Waals surface area (Å²) in [4.78, 5) is 24.0. The maximum Gasteiger partial charge on any atom is 0.262 e. The summed E-state index contributed by atoms with van der Waals surface area (Å²) < 4.78 is 15.7. The van der Waals surface area contributed by atoms with E-state index in [0.29, 0.717) is 16.9 Å². The van der Waals surface area contributed by atoms with Gasteiger partial charge in [0, 0.05) is 11.1 Å². The van der Waals surface area contributed by atoms with Crippen LogP contribution in [0.15, 0.2) is 30.3 Å². The Morgan fingerprint density at radius 3 is 2.48 bits per heavy atom. The third kappa shape index (κ3) is 3.72. The zero-order valence-electron chi connectivity index (χ0n) is 14.5. The fourth-order valence-corrected chi connectivity index (χ4v) is 3.23. The molecule has 0 saturated carbocycles. The Kier molecular flexibility index (Phi) is 5.58. The fraction of sp³-hybridized carbons (Fsp3) is 0.158. The van der Waals surface area contributed by atoms with Crippen molar-refractivity contribution in [3.8, 4) is 17.2 Å². The first kappa shape index (κ1) is 19.1. The third-order valence-corrected chi connectivity index (χ3v) is 4.68. The summed E-state index contributed by atoms with van der Waals surface area (Å²) in [6, 6.07) is 6.68. The van der Waals surface area contributed by atoms with Gasteiger partial charge in [-0.05, 0) is 36.4 Å². The van der Waals surface area contributed by atoms with Gasteiger partial charge in [0.25, 0.3) is 5.91 Å². The minimum absolute atomic E-state index is 0.155. The molecule has 0 aromatic heterocycles. The zero-order valence-corrected chi connectivity index (χ0v) is 16.0. The number of carbonyl (C=O) groups is 2. The van der Waals surface area contributed by atoms with Gasteiger partial charge in [-0.25, -0.2) is 0 Å². The van der Waals surface area contributed by atoms with Crippen LogP contribution < -0.4 is 19.5 Å². The number of amides is 1. The van der Waals surface area contributed by atoms with Gasteiger partial charge in [-0.2, -0.15) is 0 Å². The highest BCUT2D eigenvalue weighted by molar-refractivity contribution is 6.41. The van der Waals surface area contributed by atoms with Gasteiger partial charge in [0.15, 0.2) is 23.9 Å². The van der Waals surface area contributed by atoms with E-state index >= 15 is 0 Å². The summed E-state index contributed by atoms with van der Waals surface area (Å²) in [6.07, 6.45) is 2.81. The van der Waals surface area contributed by atoms with Crippen molar-refractivity contribution in [1.29, 1.82) is 0 Å². The van der Waals surface area contributed by atoms with E-state index in [1.54, 1.807) is 31.4 Å². The molecule has 140 valence electrons. The standard InChI is InChI=1S/C19H15Cl2NO5/c1-25-11-5-3-10(4-6-11)13(23)8-7-12-15(20)17-19(18(26-2)16(12)21)27-9-14(24)22-17/h3-8H,9H2,1-2H3,(H,22,24)/b8-7+. The molecule has 6 nitrogen and oxygen atoms in total. The molecule has 1 aliphatic heterocycles. The monoisotopic (exact) mass is 407 g/mol. The van der Waals surface area contributed by atoms with E-state index in [1.807, 2.05) is 0 Å². The van der Waals surface area contributed by atoms with Gasteiger partial charge in [-0.1, -0.05) is 23.2 Å². The lowest BCUT2D eigenvalue weighted by atomic mass is 10.1. The van der Waals surface area contributed by atoms with Crippen LogP contribution in [-0.2, 0) is 4.79 Å². The smallest absolute Gasteiger partial charge is 0.262 e. The fourth-order valence-electron chi connectivity index (χ4n) is 2.57. The number of halogens is 2. The predicted molar refractivity (Wildman–Crippen MR) is 103 cm³/mol. The molecular weight excluding hydrogens is 393 g/mol. The quantitative estimate of drug-likeness (QED) is 0.592. The Balaban J connectivity index is 1.98. The van der Waals surface area contributed by atoms with E-state index in [-0.39, 0.29) is 45.5 Å². The third-order valence-electron chi connectivity index (χ3n) is 3.92. The largest absolute Gasteiger partial charge is 0.497 e. The molecule has 8 heteroatoms. The van der Waals surface area contributed by atoms with E-state index in [9.17, 15) is 9.59 Å². The maximum atomic E-state index is 12.4. The Morgan fingerprint density at radius 2 is 1.85 bits per heavy atom. The van der Waals surface area contributed by atoms with Gasteiger partial charge in [0.05, 0.1) is 24.3 Å². The molecule has 0 atom stereocenters. The van der Waals surface area contributed by atoms with Gasteiger partial charge in [0.2, 0.25) is 0 Å². The molecule has 0 aliphatic carbocycles. The normalized spacial score (nSPS) is 13.0. The van der Waals surface area contributed by atoms with Crippen molar-refractivity contribution < 1.29 is 23.8 Å². The number of nitrogens with one attached hydrogen (secondary N) is 1. The van der Waals surface area contributed by atoms with E-state index < -0.39 is 0 Å². The van der Waals surface area contributed by atoms with Crippen LogP contribution in [0, 0.1) is 0 Å². The van der Waals surface area contributed by atoms with E-state index in [0.717, 1.165) is 0 Å². The molecule has 0 spiro atoms. The SMILES string of the molecule is COc1ccc(C(=O)/C=C/c2c(Cl)c3c(c(OC)c2Cl)OCC(=O)N3)cc1. The number of methoxy groups -OCH3 is 2. The topological polar surface area (TPSA) is 73.9 Å². The van der Waals surface area contributed by atoms with Crippen LogP contribution in [0.5, 0.6) is 17.2 Å². The molecule has 27 heavy (non-hydrogen) atoms. The molecule has 0 fully saturated rings. The highest BCUT2D eigenvalue weighted by Crippen LogP contribution is 2.50. The van der Waals surface area contributed by atoms with E-state index in [2.05, 4.69) is 5.32 Å². The first-order valence-electron chi connectivity index (χ1n) is 7.84. The van der Waals surface area contributed by atoms with Crippen molar-refractivity contribution in [2.45, 2.75) is 0 Å². The first-order chi connectivity index (χ1) is 13.0. The van der Waals surface area contributed by atoms with Crippen LogP contribution in [0.2, 0.25) is 10.0 Å². The Morgan fingerprint density at radius 1 is 1.15 bits per heavy atom. The van der Waals surface area contributed by atoms with Crippen molar-refractivity contribution in [3.63, 3.8) is 0 Å². The van der Waals surface area contributed by atoms with Gasteiger partial charge in [-0.15, -0.1) is 0 Å². The number of hydrogen-bond acceptors (Lipinski definition) is 5. The molecule has 1 heterocycles. The molecule has 0 bridgehead atoms. The number of rotatable bonds is 5. The predicted octanol–water partition coefficient (Wildman–Crippen LogP) is 4.24. The average Bonchev–Trinajstić information content (AvgIpc) is 2.68. The highest BCUT2D eigenvalue weighted by Gasteiger charge is 2.28. The van der Waals surface area contributed by atoms with E-state index in [1.165, 1.54) is 19.3 Å². The van der Waals surface area contributed by atoms with Crippen molar-refractivity contribution in [1.82, 2.24) is 0 Å². The van der Waals surface area contributed by atoms with Crippen LogP contribution in [-0.4, -0.2) is 32.5 Å². The molecule has 2 aromatic rings. The van der Waals surface area contributed by atoms with E-state index in [4.69, 9.17) is 37.4 Å². The number of carbonyl (C=O) groups excluding carboxylic acids is 2. The molecule has 1 amide bonds. The number of hydrogen-bond donors (Lipinski definition) is 1. The number of ketones is 1. The molecular formula is C19H15Cl2NO5. The number of fused-ring (bicyclic) bond motifs is 1. The van der Waals surface area contributed by atoms with Crippen LogP contribution in [0.1, 0.15) is 15.9 Å².